The number of thioether (sulfide) groups is 1. The van der Waals surface area contributed by atoms with Crippen LogP contribution in [0.3, 0.4) is 0 Å². The predicted octanol–water partition coefficient (Wildman–Crippen LogP) is 2.06. The van der Waals surface area contributed by atoms with Crippen LogP contribution in [0.15, 0.2) is 29.4 Å². The molecule has 2 N–H and O–H groups in total. The molecule has 0 unspecified atom stereocenters. The van der Waals surface area contributed by atoms with Crippen LogP contribution in [0.5, 0.6) is 5.75 Å². The highest BCUT2D eigenvalue weighted by molar-refractivity contribution is 7.99. The maximum absolute atomic E-state index is 8.49. The second kappa shape index (κ2) is 6.82. The molecule has 0 bridgehead atoms. The van der Waals surface area contributed by atoms with E-state index in [2.05, 4.69) is 16.3 Å². The number of nitrogens with zero attached hydrogens (tertiary/aromatic N) is 4. The molecule has 2 rings (SSSR count). The molecule has 0 aliphatic rings. The number of aromatic nitrogens is 3. The fourth-order valence-corrected chi connectivity index (χ4v) is 2.42. The molecule has 1 aromatic carbocycles. The van der Waals surface area contributed by atoms with E-state index in [9.17, 15) is 0 Å². The number of ether oxygens (including phenoxy) is 1. The van der Waals surface area contributed by atoms with Crippen molar-refractivity contribution in [3.63, 3.8) is 0 Å². The maximum atomic E-state index is 8.49. The van der Waals surface area contributed by atoms with Crippen molar-refractivity contribution in [1.29, 1.82) is 5.26 Å². The average molecular weight is 289 g/mol. The molecule has 1 aromatic heterocycles. The highest BCUT2D eigenvalue weighted by Gasteiger charge is 2.11. The number of methoxy groups -OCH3 is 1. The third-order valence-electron chi connectivity index (χ3n) is 2.68. The van der Waals surface area contributed by atoms with Gasteiger partial charge in [0, 0.05) is 17.7 Å². The lowest BCUT2D eigenvalue weighted by Crippen LogP contribution is -2.11. The maximum Gasteiger partial charge on any atom is 0.210 e. The minimum atomic E-state index is 0.539. The Hall–Kier alpha value is -2.20. The molecular formula is C13H15N5OS. The summed E-state index contributed by atoms with van der Waals surface area (Å²) in [4.78, 5) is 0. The molecule has 20 heavy (non-hydrogen) atoms. The Balaban J connectivity index is 2.09. The molecule has 0 saturated heterocycles. The van der Waals surface area contributed by atoms with Gasteiger partial charge in [0.2, 0.25) is 5.16 Å². The number of nitriles is 1. The van der Waals surface area contributed by atoms with Gasteiger partial charge in [0.15, 0.2) is 5.82 Å². The van der Waals surface area contributed by atoms with Crippen LogP contribution in [0.25, 0.3) is 11.4 Å². The first-order chi connectivity index (χ1) is 9.76. The van der Waals surface area contributed by atoms with E-state index in [1.165, 1.54) is 16.4 Å². The van der Waals surface area contributed by atoms with Crippen molar-refractivity contribution in [2.75, 3.05) is 18.7 Å². The highest BCUT2D eigenvalue weighted by atomic mass is 32.2. The van der Waals surface area contributed by atoms with Crippen molar-refractivity contribution in [2.45, 2.75) is 18.0 Å². The van der Waals surface area contributed by atoms with E-state index in [4.69, 9.17) is 15.8 Å². The largest absolute Gasteiger partial charge is 0.497 e. The fraction of sp³-hybridized carbons (Fsp3) is 0.308. The van der Waals surface area contributed by atoms with Gasteiger partial charge in [0.1, 0.15) is 5.75 Å². The lowest BCUT2D eigenvalue weighted by molar-refractivity contribution is 0.415. The second-order valence-electron chi connectivity index (χ2n) is 4.01. The van der Waals surface area contributed by atoms with E-state index in [0.29, 0.717) is 17.4 Å². The van der Waals surface area contributed by atoms with Crippen LogP contribution in [-0.2, 0) is 0 Å². The minimum absolute atomic E-state index is 0.539. The summed E-state index contributed by atoms with van der Waals surface area (Å²) >= 11 is 1.50. The quantitative estimate of drug-likeness (QED) is 0.497. The van der Waals surface area contributed by atoms with Crippen molar-refractivity contribution in [2.24, 2.45) is 0 Å². The molecule has 1 heterocycles. The van der Waals surface area contributed by atoms with E-state index in [0.717, 1.165) is 23.5 Å². The number of nitrogens with two attached hydrogens (primary N) is 1. The summed E-state index contributed by atoms with van der Waals surface area (Å²) in [7, 11) is 1.62. The summed E-state index contributed by atoms with van der Waals surface area (Å²) in [5.41, 5.74) is 0.879. The van der Waals surface area contributed by atoms with E-state index >= 15 is 0 Å². The van der Waals surface area contributed by atoms with Gasteiger partial charge in [0.25, 0.3) is 0 Å². The van der Waals surface area contributed by atoms with Crippen molar-refractivity contribution in [1.82, 2.24) is 14.9 Å². The molecule has 0 spiro atoms. The monoisotopic (exact) mass is 289 g/mol. The Kier molecular flexibility index (Phi) is 4.85. The van der Waals surface area contributed by atoms with Crippen molar-refractivity contribution in [3.05, 3.63) is 24.3 Å². The summed E-state index contributed by atoms with van der Waals surface area (Å²) in [5, 5.41) is 17.3. The van der Waals surface area contributed by atoms with Crippen molar-refractivity contribution >= 4 is 11.8 Å². The Morgan fingerprint density at radius 3 is 2.75 bits per heavy atom. The Morgan fingerprint density at radius 1 is 1.35 bits per heavy atom. The molecule has 0 aliphatic carbocycles. The van der Waals surface area contributed by atoms with Gasteiger partial charge in [-0.3, -0.25) is 0 Å². The molecule has 0 atom stereocenters. The molecule has 6 nitrogen and oxygen atoms in total. The number of hydrogen-bond donors (Lipinski definition) is 1. The van der Waals surface area contributed by atoms with E-state index < -0.39 is 0 Å². The standard InChI is InChI=1S/C13H15N5OS/c1-19-11-6-4-10(5-7-11)12-16-17-13(18(12)15)20-9-3-2-8-14/h4-7H,2-3,9,15H2,1H3. The number of nitrogen functional groups attached to an aromatic ring is 1. The third-order valence-corrected chi connectivity index (χ3v) is 3.71. The average Bonchev–Trinajstić information content (AvgIpc) is 2.85. The first-order valence-corrected chi connectivity index (χ1v) is 7.09. The zero-order valence-electron chi connectivity index (χ0n) is 11.1. The molecule has 0 radical (unpaired) electrons. The molecule has 0 fully saturated rings. The summed E-state index contributed by atoms with van der Waals surface area (Å²) in [5.74, 6) is 8.18. The first-order valence-electron chi connectivity index (χ1n) is 6.11. The Bertz CT molecular complexity index is 602. The number of rotatable bonds is 6. The topological polar surface area (TPSA) is 89.8 Å². The van der Waals surface area contributed by atoms with E-state index in [-0.39, 0.29) is 0 Å². The van der Waals surface area contributed by atoms with Gasteiger partial charge in [-0.15, -0.1) is 10.2 Å². The van der Waals surface area contributed by atoms with Crippen molar-refractivity contribution in [3.8, 4) is 23.2 Å². The van der Waals surface area contributed by atoms with Crippen LogP contribution < -0.4 is 10.6 Å². The van der Waals surface area contributed by atoms with Gasteiger partial charge in [-0.1, -0.05) is 11.8 Å². The smallest absolute Gasteiger partial charge is 0.210 e. The molecule has 0 amide bonds. The normalized spacial score (nSPS) is 10.2. The van der Waals surface area contributed by atoms with Gasteiger partial charge in [-0.2, -0.15) is 5.26 Å². The molecule has 2 aromatic rings. The van der Waals surface area contributed by atoms with Crippen LogP contribution in [0.1, 0.15) is 12.8 Å². The second-order valence-corrected chi connectivity index (χ2v) is 5.08. The zero-order chi connectivity index (χ0) is 14.4. The highest BCUT2D eigenvalue weighted by Crippen LogP contribution is 2.23. The van der Waals surface area contributed by atoms with Gasteiger partial charge in [-0.05, 0) is 30.7 Å². The van der Waals surface area contributed by atoms with Crippen LogP contribution in [0.4, 0.5) is 0 Å². The van der Waals surface area contributed by atoms with Crippen molar-refractivity contribution < 1.29 is 4.74 Å². The van der Waals surface area contributed by atoms with Gasteiger partial charge in [-0.25, -0.2) is 4.68 Å². The van der Waals surface area contributed by atoms with E-state index in [1.54, 1.807) is 7.11 Å². The molecular weight excluding hydrogens is 274 g/mol. The third kappa shape index (κ3) is 3.22. The SMILES string of the molecule is COc1ccc(-c2nnc(SCCCC#N)n2N)cc1. The summed E-state index contributed by atoms with van der Waals surface area (Å²) in [6.07, 6.45) is 1.35. The van der Waals surface area contributed by atoms with Crippen LogP contribution in [0.2, 0.25) is 0 Å². The summed E-state index contributed by atoms with van der Waals surface area (Å²) in [6, 6.07) is 9.58. The number of unbranched alkanes of at least 4 members (excludes halogenated alkanes) is 1. The molecule has 0 saturated carbocycles. The van der Waals surface area contributed by atoms with Crippen LogP contribution in [-0.4, -0.2) is 27.7 Å². The molecule has 7 heteroatoms. The van der Waals surface area contributed by atoms with E-state index in [1.807, 2.05) is 24.3 Å². The number of hydrogen-bond acceptors (Lipinski definition) is 6. The van der Waals surface area contributed by atoms with Crippen LogP contribution >= 0.6 is 11.8 Å². The molecule has 104 valence electrons. The molecule has 0 aliphatic heterocycles. The Morgan fingerprint density at radius 2 is 2.10 bits per heavy atom. The fourth-order valence-electron chi connectivity index (χ4n) is 1.63. The lowest BCUT2D eigenvalue weighted by Gasteiger charge is -2.04. The summed E-state index contributed by atoms with van der Waals surface area (Å²) in [6.45, 7) is 0. The zero-order valence-corrected chi connectivity index (χ0v) is 11.9. The van der Waals surface area contributed by atoms with Gasteiger partial charge in [0.05, 0.1) is 13.2 Å². The minimum Gasteiger partial charge on any atom is -0.497 e. The van der Waals surface area contributed by atoms with Crippen LogP contribution in [0, 0.1) is 11.3 Å². The van der Waals surface area contributed by atoms with Gasteiger partial charge >= 0.3 is 0 Å². The lowest BCUT2D eigenvalue weighted by atomic mass is 10.2. The first kappa shape index (κ1) is 14.2. The Labute approximate surface area is 121 Å². The summed E-state index contributed by atoms with van der Waals surface area (Å²) < 4.78 is 6.58. The van der Waals surface area contributed by atoms with Gasteiger partial charge < -0.3 is 10.6 Å². The predicted molar refractivity (Wildman–Crippen MR) is 77.7 cm³/mol. The number of benzene rings is 1.